The number of carbonyl (C=O) groups is 1. The third-order valence-corrected chi connectivity index (χ3v) is 5.70. The topological polar surface area (TPSA) is 89.7 Å². The average molecular weight is 438 g/mol. The molecule has 166 valence electrons. The number of hydrogen-bond acceptors (Lipinski definition) is 7. The van der Waals surface area contributed by atoms with Crippen molar-refractivity contribution in [3.05, 3.63) is 54.2 Å². The Balaban J connectivity index is 1.13. The Morgan fingerprint density at radius 1 is 1.06 bits per heavy atom. The van der Waals surface area contributed by atoms with Crippen molar-refractivity contribution < 1.29 is 23.2 Å². The number of aromatic nitrogens is 2. The van der Waals surface area contributed by atoms with Crippen LogP contribution >= 0.6 is 0 Å². The minimum atomic E-state index is -0.307. The molecule has 0 spiro atoms. The molecule has 0 aliphatic carbocycles. The first-order valence-corrected chi connectivity index (χ1v) is 10.7. The van der Waals surface area contributed by atoms with E-state index in [1.165, 1.54) is 12.1 Å². The number of benzene rings is 2. The molecular formula is C23H23FN4O4. The standard InChI is InChI=1S/C23H23FN4O4/c24-17-3-1-15(2-4-17)22-26-21(32-27-22)14-28-9-7-16(8-10-28)23(29)25-18-5-6-19-20(13-18)31-12-11-30-19/h1-6,13,16H,7-12,14H2,(H,25,29). The van der Waals surface area contributed by atoms with E-state index in [-0.39, 0.29) is 17.6 Å². The summed E-state index contributed by atoms with van der Waals surface area (Å²) < 4.78 is 29.5. The SMILES string of the molecule is O=C(Nc1ccc2c(c1)OCCO2)C1CCN(Cc2nc(-c3ccc(F)cc3)no2)CC1. The number of piperidine rings is 1. The van der Waals surface area contributed by atoms with Crippen LogP contribution in [0.15, 0.2) is 47.0 Å². The molecule has 2 aromatic carbocycles. The van der Waals surface area contributed by atoms with Crippen molar-refractivity contribution >= 4 is 11.6 Å². The molecule has 5 rings (SSSR count). The summed E-state index contributed by atoms with van der Waals surface area (Å²) in [4.78, 5) is 19.3. The van der Waals surface area contributed by atoms with E-state index >= 15 is 0 Å². The number of likely N-dealkylation sites (tertiary alicyclic amines) is 1. The normalized spacial score (nSPS) is 16.7. The largest absolute Gasteiger partial charge is 0.486 e. The summed E-state index contributed by atoms with van der Waals surface area (Å²) in [5, 5.41) is 6.97. The Labute approximate surface area is 184 Å². The van der Waals surface area contributed by atoms with Crippen LogP contribution in [0, 0.1) is 11.7 Å². The Morgan fingerprint density at radius 2 is 1.81 bits per heavy atom. The fraction of sp³-hybridized carbons (Fsp3) is 0.348. The van der Waals surface area contributed by atoms with Crippen molar-refractivity contribution in [2.45, 2.75) is 19.4 Å². The maximum absolute atomic E-state index is 13.1. The van der Waals surface area contributed by atoms with Crippen LogP contribution in [0.4, 0.5) is 10.1 Å². The van der Waals surface area contributed by atoms with Gasteiger partial charge in [0, 0.05) is 23.2 Å². The van der Waals surface area contributed by atoms with E-state index in [1.807, 2.05) is 12.1 Å². The van der Waals surface area contributed by atoms with E-state index in [1.54, 1.807) is 18.2 Å². The zero-order valence-corrected chi connectivity index (χ0v) is 17.4. The maximum Gasteiger partial charge on any atom is 0.241 e. The van der Waals surface area contributed by atoms with Gasteiger partial charge < -0.3 is 19.3 Å². The van der Waals surface area contributed by atoms with Crippen LogP contribution in [0.5, 0.6) is 11.5 Å². The number of halogens is 1. The van der Waals surface area contributed by atoms with Crippen LogP contribution in [0.1, 0.15) is 18.7 Å². The zero-order chi connectivity index (χ0) is 21.9. The van der Waals surface area contributed by atoms with E-state index in [2.05, 4.69) is 20.4 Å². The fourth-order valence-electron chi connectivity index (χ4n) is 3.95. The van der Waals surface area contributed by atoms with E-state index in [0.29, 0.717) is 54.2 Å². The highest BCUT2D eigenvalue weighted by molar-refractivity contribution is 5.93. The van der Waals surface area contributed by atoms with Crippen molar-refractivity contribution in [3.63, 3.8) is 0 Å². The van der Waals surface area contributed by atoms with Gasteiger partial charge in [-0.15, -0.1) is 0 Å². The molecule has 0 unspecified atom stereocenters. The number of nitrogens with one attached hydrogen (secondary N) is 1. The predicted octanol–water partition coefficient (Wildman–Crippen LogP) is 3.50. The number of nitrogens with zero attached hydrogens (tertiary/aromatic N) is 3. The van der Waals surface area contributed by atoms with Gasteiger partial charge in [0.1, 0.15) is 19.0 Å². The van der Waals surface area contributed by atoms with Crippen LogP contribution in [0.3, 0.4) is 0 Å². The number of ether oxygens (including phenoxy) is 2. The Hall–Kier alpha value is -3.46. The molecule has 0 saturated carbocycles. The van der Waals surface area contributed by atoms with Gasteiger partial charge in [0.25, 0.3) is 0 Å². The molecule has 0 bridgehead atoms. The first-order chi connectivity index (χ1) is 15.6. The van der Waals surface area contributed by atoms with Gasteiger partial charge in [0.2, 0.25) is 17.6 Å². The number of carbonyl (C=O) groups excluding carboxylic acids is 1. The van der Waals surface area contributed by atoms with E-state index in [4.69, 9.17) is 14.0 Å². The highest BCUT2D eigenvalue weighted by Crippen LogP contribution is 2.33. The first-order valence-electron chi connectivity index (χ1n) is 10.7. The van der Waals surface area contributed by atoms with Crippen LogP contribution in [0.2, 0.25) is 0 Å². The van der Waals surface area contributed by atoms with E-state index in [9.17, 15) is 9.18 Å². The van der Waals surface area contributed by atoms with Gasteiger partial charge in [0.05, 0.1) is 6.54 Å². The quantitative estimate of drug-likeness (QED) is 0.652. The summed E-state index contributed by atoms with van der Waals surface area (Å²) >= 11 is 0. The van der Waals surface area contributed by atoms with Crippen molar-refractivity contribution in [1.29, 1.82) is 0 Å². The number of fused-ring (bicyclic) bond motifs is 1. The van der Waals surface area contributed by atoms with Gasteiger partial charge in [-0.3, -0.25) is 9.69 Å². The highest BCUT2D eigenvalue weighted by Gasteiger charge is 2.26. The summed E-state index contributed by atoms with van der Waals surface area (Å²) in [7, 11) is 0. The van der Waals surface area contributed by atoms with Crippen molar-refractivity contribution in [2.75, 3.05) is 31.6 Å². The number of amides is 1. The lowest BCUT2D eigenvalue weighted by Crippen LogP contribution is -2.37. The second-order valence-corrected chi connectivity index (χ2v) is 7.92. The number of anilines is 1. The predicted molar refractivity (Wildman–Crippen MR) is 114 cm³/mol. The Bertz CT molecular complexity index is 1090. The van der Waals surface area contributed by atoms with Gasteiger partial charge in [-0.2, -0.15) is 4.98 Å². The second kappa shape index (κ2) is 8.96. The van der Waals surface area contributed by atoms with Crippen LogP contribution in [-0.4, -0.2) is 47.3 Å². The zero-order valence-electron chi connectivity index (χ0n) is 17.4. The molecule has 2 aliphatic heterocycles. The highest BCUT2D eigenvalue weighted by atomic mass is 19.1. The minimum absolute atomic E-state index is 0.0118. The lowest BCUT2D eigenvalue weighted by atomic mass is 9.96. The number of hydrogen-bond donors (Lipinski definition) is 1. The number of rotatable bonds is 5. The molecule has 1 N–H and O–H groups in total. The third kappa shape index (κ3) is 4.57. The molecule has 9 heteroatoms. The molecule has 8 nitrogen and oxygen atoms in total. The monoisotopic (exact) mass is 438 g/mol. The molecular weight excluding hydrogens is 415 g/mol. The van der Waals surface area contributed by atoms with Gasteiger partial charge in [-0.25, -0.2) is 4.39 Å². The van der Waals surface area contributed by atoms with Crippen molar-refractivity contribution in [3.8, 4) is 22.9 Å². The molecule has 3 heterocycles. The summed E-state index contributed by atoms with van der Waals surface area (Å²) in [5.74, 6) is 1.94. The summed E-state index contributed by atoms with van der Waals surface area (Å²) in [6, 6.07) is 11.4. The van der Waals surface area contributed by atoms with Gasteiger partial charge in [-0.05, 0) is 62.3 Å². The molecule has 32 heavy (non-hydrogen) atoms. The molecule has 1 aromatic heterocycles. The molecule has 3 aromatic rings. The van der Waals surface area contributed by atoms with E-state index < -0.39 is 0 Å². The Kier molecular flexibility index (Phi) is 5.72. The fourth-order valence-corrected chi connectivity index (χ4v) is 3.95. The minimum Gasteiger partial charge on any atom is -0.486 e. The smallest absolute Gasteiger partial charge is 0.241 e. The average Bonchev–Trinajstić information content (AvgIpc) is 3.28. The lowest BCUT2D eigenvalue weighted by molar-refractivity contribution is -0.121. The summed E-state index contributed by atoms with van der Waals surface area (Å²) in [5.41, 5.74) is 1.41. The molecule has 2 aliphatic rings. The summed E-state index contributed by atoms with van der Waals surface area (Å²) in [6.07, 6.45) is 1.49. The van der Waals surface area contributed by atoms with Gasteiger partial charge in [0.15, 0.2) is 11.5 Å². The Morgan fingerprint density at radius 3 is 2.59 bits per heavy atom. The molecule has 1 saturated heterocycles. The second-order valence-electron chi connectivity index (χ2n) is 7.92. The molecule has 1 fully saturated rings. The van der Waals surface area contributed by atoms with Crippen LogP contribution < -0.4 is 14.8 Å². The first kappa shape index (κ1) is 20.4. The molecule has 0 radical (unpaired) electrons. The van der Waals surface area contributed by atoms with Gasteiger partial charge >= 0.3 is 0 Å². The van der Waals surface area contributed by atoms with Crippen molar-refractivity contribution in [1.82, 2.24) is 15.0 Å². The summed E-state index contributed by atoms with van der Waals surface area (Å²) in [6.45, 7) is 3.08. The molecule has 1 amide bonds. The van der Waals surface area contributed by atoms with Gasteiger partial charge in [-0.1, -0.05) is 5.16 Å². The third-order valence-electron chi connectivity index (χ3n) is 5.70. The van der Waals surface area contributed by atoms with Crippen molar-refractivity contribution in [2.24, 2.45) is 5.92 Å². The molecule has 0 atom stereocenters. The van der Waals surface area contributed by atoms with E-state index in [0.717, 1.165) is 25.9 Å². The van der Waals surface area contributed by atoms with Crippen LogP contribution in [-0.2, 0) is 11.3 Å². The van der Waals surface area contributed by atoms with Crippen LogP contribution in [0.25, 0.3) is 11.4 Å². The maximum atomic E-state index is 13.1. The lowest BCUT2D eigenvalue weighted by Gasteiger charge is -2.30.